The number of anilines is 2. The molecule has 0 bridgehead atoms. The van der Waals surface area contributed by atoms with E-state index in [0.717, 1.165) is 18.2 Å². The zero-order valence-corrected chi connectivity index (χ0v) is 7.83. The molecule has 0 unspecified atom stereocenters. The predicted octanol–water partition coefficient (Wildman–Crippen LogP) is 1.93. The van der Waals surface area contributed by atoms with Gasteiger partial charge in [-0.05, 0) is 12.1 Å². The van der Waals surface area contributed by atoms with Crippen molar-refractivity contribution >= 4 is 11.5 Å². The Hall–Kier alpha value is -1.25. The lowest BCUT2D eigenvalue weighted by atomic mass is 10.4. The highest BCUT2D eigenvalue weighted by atomic mass is 15.3. The smallest absolute Gasteiger partial charge is 0.153 e. The van der Waals surface area contributed by atoms with Crippen molar-refractivity contribution in [3.05, 3.63) is 18.3 Å². The van der Waals surface area contributed by atoms with E-state index in [-0.39, 0.29) is 0 Å². The highest BCUT2D eigenvalue weighted by Gasteiger charge is 2.13. The SMILES string of the molecule is CC.CN1CNc2cccnc21. The van der Waals surface area contributed by atoms with Gasteiger partial charge in [-0.15, -0.1) is 0 Å². The Morgan fingerprint density at radius 2 is 2.25 bits per heavy atom. The lowest BCUT2D eigenvalue weighted by Gasteiger charge is -2.06. The van der Waals surface area contributed by atoms with Gasteiger partial charge in [0.05, 0.1) is 12.4 Å². The number of fused-ring (bicyclic) bond motifs is 1. The second-order valence-electron chi connectivity index (χ2n) is 2.41. The van der Waals surface area contributed by atoms with Crippen LogP contribution in [0.4, 0.5) is 11.5 Å². The van der Waals surface area contributed by atoms with Gasteiger partial charge in [-0.2, -0.15) is 0 Å². The predicted molar refractivity (Wildman–Crippen MR) is 52.5 cm³/mol. The maximum atomic E-state index is 4.20. The molecule has 0 atom stereocenters. The highest BCUT2D eigenvalue weighted by molar-refractivity contribution is 5.69. The van der Waals surface area contributed by atoms with Gasteiger partial charge in [-0.1, -0.05) is 13.8 Å². The average molecular weight is 165 g/mol. The van der Waals surface area contributed by atoms with Gasteiger partial charge in [-0.3, -0.25) is 0 Å². The minimum Gasteiger partial charge on any atom is -0.365 e. The molecule has 0 fully saturated rings. The van der Waals surface area contributed by atoms with E-state index in [2.05, 4.69) is 15.2 Å². The molecular weight excluding hydrogens is 150 g/mol. The third-order valence-electron chi connectivity index (χ3n) is 1.65. The van der Waals surface area contributed by atoms with E-state index in [4.69, 9.17) is 0 Å². The minimum atomic E-state index is 0.867. The van der Waals surface area contributed by atoms with Crippen molar-refractivity contribution in [1.29, 1.82) is 0 Å². The maximum absolute atomic E-state index is 4.20. The number of pyridine rings is 1. The van der Waals surface area contributed by atoms with E-state index < -0.39 is 0 Å². The van der Waals surface area contributed by atoms with Crippen LogP contribution < -0.4 is 10.2 Å². The molecule has 66 valence electrons. The van der Waals surface area contributed by atoms with Crippen LogP contribution in [0.5, 0.6) is 0 Å². The van der Waals surface area contributed by atoms with E-state index in [1.807, 2.05) is 39.2 Å². The summed E-state index contributed by atoms with van der Waals surface area (Å²) in [5.41, 5.74) is 1.13. The first kappa shape index (κ1) is 8.84. The first-order valence-corrected chi connectivity index (χ1v) is 4.28. The Morgan fingerprint density at radius 1 is 1.50 bits per heavy atom. The van der Waals surface area contributed by atoms with Crippen molar-refractivity contribution in [2.75, 3.05) is 23.9 Å². The number of nitrogens with one attached hydrogen (secondary N) is 1. The van der Waals surface area contributed by atoms with Crippen molar-refractivity contribution in [2.45, 2.75) is 13.8 Å². The molecule has 0 aromatic carbocycles. The Balaban J connectivity index is 0.000000336. The van der Waals surface area contributed by atoms with Crippen molar-refractivity contribution in [2.24, 2.45) is 0 Å². The summed E-state index contributed by atoms with van der Waals surface area (Å²) >= 11 is 0. The summed E-state index contributed by atoms with van der Waals surface area (Å²) in [6, 6.07) is 3.97. The molecule has 0 amide bonds. The fourth-order valence-electron chi connectivity index (χ4n) is 1.12. The molecular formula is C9H15N3. The van der Waals surface area contributed by atoms with E-state index in [0.29, 0.717) is 0 Å². The Labute approximate surface area is 73.4 Å². The van der Waals surface area contributed by atoms with Crippen molar-refractivity contribution in [3.63, 3.8) is 0 Å². The average Bonchev–Trinajstić information content (AvgIpc) is 2.53. The van der Waals surface area contributed by atoms with Gasteiger partial charge in [0.1, 0.15) is 0 Å². The highest BCUT2D eigenvalue weighted by Crippen LogP contribution is 2.25. The molecule has 1 N–H and O–H groups in total. The first-order valence-electron chi connectivity index (χ1n) is 4.28. The largest absolute Gasteiger partial charge is 0.365 e. The summed E-state index contributed by atoms with van der Waals surface area (Å²) in [6.45, 7) is 4.87. The molecule has 1 aliphatic rings. The number of aromatic nitrogens is 1. The third-order valence-corrected chi connectivity index (χ3v) is 1.65. The van der Waals surface area contributed by atoms with Crippen LogP contribution in [0.15, 0.2) is 18.3 Å². The van der Waals surface area contributed by atoms with Crippen molar-refractivity contribution in [3.8, 4) is 0 Å². The fraction of sp³-hybridized carbons (Fsp3) is 0.444. The number of hydrogen-bond acceptors (Lipinski definition) is 3. The summed E-state index contributed by atoms with van der Waals surface area (Å²) in [5, 5.41) is 3.21. The van der Waals surface area contributed by atoms with E-state index >= 15 is 0 Å². The Morgan fingerprint density at radius 3 is 2.92 bits per heavy atom. The van der Waals surface area contributed by atoms with Crippen LogP contribution in [-0.2, 0) is 0 Å². The summed E-state index contributed by atoms with van der Waals surface area (Å²) in [7, 11) is 2.02. The fourth-order valence-corrected chi connectivity index (χ4v) is 1.12. The van der Waals surface area contributed by atoms with Gasteiger partial charge in [0.15, 0.2) is 5.82 Å². The van der Waals surface area contributed by atoms with Crippen LogP contribution >= 0.6 is 0 Å². The normalized spacial score (nSPS) is 12.8. The van der Waals surface area contributed by atoms with Crippen molar-refractivity contribution in [1.82, 2.24) is 4.98 Å². The summed E-state index contributed by atoms with van der Waals surface area (Å²) in [6.07, 6.45) is 1.81. The number of nitrogens with zero attached hydrogens (tertiary/aromatic N) is 2. The first-order chi connectivity index (χ1) is 5.88. The van der Waals surface area contributed by atoms with E-state index in [9.17, 15) is 0 Å². The molecule has 2 rings (SSSR count). The quantitative estimate of drug-likeness (QED) is 0.636. The Bertz CT molecular complexity index is 247. The molecule has 0 saturated heterocycles. The van der Waals surface area contributed by atoms with Crippen LogP contribution in [-0.4, -0.2) is 18.7 Å². The molecule has 12 heavy (non-hydrogen) atoms. The zero-order chi connectivity index (χ0) is 8.97. The second-order valence-corrected chi connectivity index (χ2v) is 2.41. The topological polar surface area (TPSA) is 28.2 Å². The maximum Gasteiger partial charge on any atom is 0.153 e. The zero-order valence-electron chi connectivity index (χ0n) is 7.83. The molecule has 0 saturated carbocycles. The van der Waals surface area contributed by atoms with Crippen LogP contribution in [0.3, 0.4) is 0 Å². The molecule has 0 radical (unpaired) electrons. The van der Waals surface area contributed by atoms with Gasteiger partial charge in [-0.25, -0.2) is 4.98 Å². The van der Waals surface area contributed by atoms with Gasteiger partial charge >= 0.3 is 0 Å². The standard InChI is InChI=1S/C7H9N3.C2H6/c1-10-5-9-6-3-2-4-8-7(6)10;1-2/h2-4,9H,5H2,1H3;1-2H3. The number of hydrogen-bond donors (Lipinski definition) is 1. The molecule has 1 aromatic heterocycles. The second kappa shape index (κ2) is 3.95. The summed E-state index contributed by atoms with van der Waals surface area (Å²) in [4.78, 5) is 6.28. The van der Waals surface area contributed by atoms with Crippen LogP contribution in [0, 0.1) is 0 Å². The Kier molecular flexibility index (Phi) is 2.91. The molecule has 2 heterocycles. The lowest BCUT2D eigenvalue weighted by Crippen LogP contribution is -2.16. The summed E-state index contributed by atoms with van der Waals surface area (Å²) < 4.78 is 0. The van der Waals surface area contributed by atoms with Gasteiger partial charge in [0, 0.05) is 13.2 Å². The van der Waals surface area contributed by atoms with Crippen molar-refractivity contribution < 1.29 is 0 Å². The van der Waals surface area contributed by atoms with Gasteiger partial charge in [0.25, 0.3) is 0 Å². The van der Waals surface area contributed by atoms with Crippen LogP contribution in [0.1, 0.15) is 13.8 Å². The molecule has 0 spiro atoms. The molecule has 3 nitrogen and oxygen atoms in total. The van der Waals surface area contributed by atoms with Crippen LogP contribution in [0.25, 0.3) is 0 Å². The van der Waals surface area contributed by atoms with Gasteiger partial charge in [0.2, 0.25) is 0 Å². The van der Waals surface area contributed by atoms with Gasteiger partial charge < -0.3 is 10.2 Å². The molecule has 1 aliphatic heterocycles. The van der Waals surface area contributed by atoms with E-state index in [1.165, 1.54) is 0 Å². The minimum absolute atomic E-state index is 0.867. The summed E-state index contributed by atoms with van der Waals surface area (Å²) in [5.74, 6) is 1.04. The lowest BCUT2D eigenvalue weighted by molar-refractivity contribution is 1.01. The number of rotatable bonds is 0. The monoisotopic (exact) mass is 165 g/mol. The molecule has 3 heteroatoms. The molecule has 1 aromatic rings. The van der Waals surface area contributed by atoms with Crippen LogP contribution in [0.2, 0.25) is 0 Å². The van der Waals surface area contributed by atoms with E-state index in [1.54, 1.807) is 0 Å². The third kappa shape index (κ3) is 1.49. The molecule has 0 aliphatic carbocycles.